The van der Waals surface area contributed by atoms with Crippen LogP contribution in [0.1, 0.15) is 57.7 Å². The molecule has 6 heteroatoms. The predicted octanol–water partition coefficient (Wildman–Crippen LogP) is 2.27. The van der Waals surface area contributed by atoms with Gasteiger partial charge >= 0.3 is 5.69 Å². The summed E-state index contributed by atoms with van der Waals surface area (Å²) < 4.78 is 3.06. The molecule has 2 aliphatic rings. The summed E-state index contributed by atoms with van der Waals surface area (Å²) in [5, 5.41) is 4.26. The Morgan fingerprint density at radius 2 is 2.16 bits per heavy atom. The fourth-order valence-corrected chi connectivity index (χ4v) is 4.01. The standard InChI is InChI=1S/C19H30N4O2/c1-3-12-22(13-11-15-7-5-4-6-8-15)18(24)16-9-10-17-20-21(2)19(25)23(17)14-16/h7,16H,3-6,8-14H2,1-2H3. The molecule has 138 valence electrons. The van der Waals surface area contributed by atoms with Crippen molar-refractivity contribution in [3.05, 3.63) is 28.0 Å². The van der Waals surface area contributed by atoms with Gasteiger partial charge in [0.25, 0.3) is 0 Å². The van der Waals surface area contributed by atoms with Crippen LogP contribution in [0.15, 0.2) is 16.4 Å². The van der Waals surface area contributed by atoms with E-state index in [0.717, 1.165) is 38.2 Å². The smallest absolute Gasteiger partial charge is 0.342 e. The summed E-state index contributed by atoms with van der Waals surface area (Å²) in [5.74, 6) is 0.923. The van der Waals surface area contributed by atoms with Gasteiger partial charge in [-0.1, -0.05) is 18.6 Å². The van der Waals surface area contributed by atoms with Crippen LogP contribution in [-0.2, 0) is 24.8 Å². The van der Waals surface area contributed by atoms with Crippen molar-refractivity contribution in [2.24, 2.45) is 13.0 Å². The second kappa shape index (κ2) is 8.02. The number of carbonyl (C=O) groups excluding carboxylic acids is 1. The van der Waals surface area contributed by atoms with E-state index >= 15 is 0 Å². The summed E-state index contributed by atoms with van der Waals surface area (Å²) in [7, 11) is 1.67. The largest absolute Gasteiger partial charge is 0.345 e. The molecule has 1 aromatic heterocycles. The zero-order chi connectivity index (χ0) is 17.8. The van der Waals surface area contributed by atoms with Crippen molar-refractivity contribution in [3.63, 3.8) is 0 Å². The molecule has 2 heterocycles. The quantitative estimate of drug-likeness (QED) is 0.743. The molecule has 0 aromatic carbocycles. The van der Waals surface area contributed by atoms with Crippen molar-refractivity contribution in [2.45, 2.75) is 64.8 Å². The second-order valence-electron chi connectivity index (χ2n) is 7.35. The van der Waals surface area contributed by atoms with Gasteiger partial charge in [-0.3, -0.25) is 9.36 Å². The van der Waals surface area contributed by atoms with E-state index in [-0.39, 0.29) is 17.5 Å². The van der Waals surface area contributed by atoms with E-state index in [1.54, 1.807) is 11.6 Å². The molecular weight excluding hydrogens is 316 g/mol. The number of nitrogens with zero attached hydrogens (tertiary/aromatic N) is 4. The summed E-state index contributed by atoms with van der Waals surface area (Å²) in [5.41, 5.74) is 1.40. The molecule has 0 saturated heterocycles. The zero-order valence-corrected chi connectivity index (χ0v) is 15.5. The molecule has 0 fully saturated rings. The minimum absolute atomic E-state index is 0.0960. The van der Waals surface area contributed by atoms with Gasteiger partial charge in [0.15, 0.2) is 0 Å². The number of hydrogen-bond acceptors (Lipinski definition) is 3. The third kappa shape index (κ3) is 4.05. The SMILES string of the molecule is CCCN(CCC1=CCCCC1)C(=O)C1CCc2nn(C)c(=O)n2C1. The molecule has 3 rings (SSSR count). The van der Waals surface area contributed by atoms with Crippen LogP contribution >= 0.6 is 0 Å². The van der Waals surface area contributed by atoms with Gasteiger partial charge in [0.1, 0.15) is 5.82 Å². The number of hydrogen-bond donors (Lipinski definition) is 0. The van der Waals surface area contributed by atoms with Crippen LogP contribution in [0.5, 0.6) is 0 Å². The Morgan fingerprint density at radius 3 is 2.88 bits per heavy atom. The predicted molar refractivity (Wildman–Crippen MR) is 97.3 cm³/mol. The summed E-state index contributed by atoms with van der Waals surface area (Å²) >= 11 is 0. The molecule has 1 amide bonds. The highest BCUT2D eigenvalue weighted by Crippen LogP contribution is 2.23. The number of aryl methyl sites for hydroxylation is 2. The first kappa shape index (κ1) is 18.0. The summed E-state index contributed by atoms with van der Waals surface area (Å²) in [6, 6.07) is 0. The van der Waals surface area contributed by atoms with E-state index in [9.17, 15) is 9.59 Å². The summed E-state index contributed by atoms with van der Waals surface area (Å²) in [6.45, 7) is 4.20. The minimum atomic E-state index is -0.109. The van der Waals surface area contributed by atoms with Crippen molar-refractivity contribution in [1.29, 1.82) is 0 Å². The first-order valence-electron chi connectivity index (χ1n) is 9.69. The molecule has 0 radical (unpaired) electrons. The average molecular weight is 346 g/mol. The van der Waals surface area contributed by atoms with Gasteiger partial charge < -0.3 is 4.90 Å². The maximum absolute atomic E-state index is 13.1. The number of fused-ring (bicyclic) bond motifs is 1. The van der Waals surface area contributed by atoms with E-state index in [1.807, 2.05) is 4.90 Å². The molecular formula is C19H30N4O2. The normalized spacial score (nSPS) is 20.1. The lowest BCUT2D eigenvalue weighted by Gasteiger charge is -2.30. The van der Waals surface area contributed by atoms with Gasteiger partial charge in [-0.25, -0.2) is 9.48 Å². The van der Waals surface area contributed by atoms with Crippen molar-refractivity contribution >= 4 is 5.91 Å². The van der Waals surface area contributed by atoms with Gasteiger partial charge in [0.2, 0.25) is 5.91 Å². The van der Waals surface area contributed by atoms with E-state index < -0.39 is 0 Å². The maximum Gasteiger partial charge on any atom is 0.345 e. The van der Waals surface area contributed by atoms with E-state index in [4.69, 9.17) is 0 Å². The van der Waals surface area contributed by atoms with Crippen molar-refractivity contribution < 1.29 is 4.79 Å². The van der Waals surface area contributed by atoms with Gasteiger partial charge in [-0.15, -0.1) is 0 Å². The fraction of sp³-hybridized carbons (Fsp3) is 0.737. The Kier molecular flexibility index (Phi) is 5.76. The van der Waals surface area contributed by atoms with Crippen LogP contribution in [0.3, 0.4) is 0 Å². The third-order valence-electron chi connectivity index (χ3n) is 5.45. The molecule has 1 atom stereocenters. The average Bonchev–Trinajstić information content (AvgIpc) is 2.92. The number of rotatable bonds is 6. The Morgan fingerprint density at radius 1 is 1.32 bits per heavy atom. The molecule has 0 saturated carbocycles. The number of carbonyl (C=O) groups is 1. The van der Waals surface area contributed by atoms with Crippen molar-refractivity contribution in [1.82, 2.24) is 19.2 Å². The fourth-order valence-electron chi connectivity index (χ4n) is 4.01. The molecule has 0 N–H and O–H groups in total. The van der Waals surface area contributed by atoms with E-state index in [0.29, 0.717) is 13.0 Å². The molecule has 1 aromatic rings. The number of allylic oxidation sites excluding steroid dienone is 1. The summed E-state index contributed by atoms with van der Waals surface area (Å²) in [6.07, 6.45) is 10.8. The van der Waals surface area contributed by atoms with E-state index in [1.165, 1.54) is 35.9 Å². The monoisotopic (exact) mass is 346 g/mol. The number of aromatic nitrogens is 3. The molecule has 1 unspecified atom stereocenters. The maximum atomic E-state index is 13.1. The number of amides is 1. The van der Waals surface area contributed by atoms with Gasteiger partial charge in [0, 0.05) is 33.1 Å². The van der Waals surface area contributed by atoms with Crippen LogP contribution in [0.25, 0.3) is 0 Å². The molecule has 0 spiro atoms. The third-order valence-corrected chi connectivity index (χ3v) is 5.45. The summed E-state index contributed by atoms with van der Waals surface area (Å²) in [4.78, 5) is 27.2. The highest BCUT2D eigenvalue weighted by atomic mass is 16.2. The lowest BCUT2D eigenvalue weighted by atomic mass is 9.95. The van der Waals surface area contributed by atoms with Gasteiger partial charge in [0.05, 0.1) is 5.92 Å². The lowest BCUT2D eigenvalue weighted by Crippen LogP contribution is -2.42. The van der Waals surface area contributed by atoms with Crippen LogP contribution in [0, 0.1) is 5.92 Å². The highest BCUT2D eigenvalue weighted by molar-refractivity contribution is 5.79. The topological polar surface area (TPSA) is 60.1 Å². The molecule has 1 aliphatic carbocycles. The Labute approximate surface area is 149 Å². The van der Waals surface area contributed by atoms with Crippen molar-refractivity contribution in [3.8, 4) is 0 Å². The van der Waals surface area contributed by atoms with Gasteiger partial charge in [-0.05, 0) is 44.9 Å². The molecule has 25 heavy (non-hydrogen) atoms. The van der Waals surface area contributed by atoms with Crippen LogP contribution < -0.4 is 5.69 Å². The molecule has 6 nitrogen and oxygen atoms in total. The first-order chi connectivity index (χ1) is 12.1. The first-order valence-corrected chi connectivity index (χ1v) is 9.69. The lowest BCUT2D eigenvalue weighted by molar-refractivity contribution is -0.136. The van der Waals surface area contributed by atoms with Crippen LogP contribution in [0.4, 0.5) is 0 Å². The van der Waals surface area contributed by atoms with E-state index in [2.05, 4.69) is 18.1 Å². The van der Waals surface area contributed by atoms with Crippen LogP contribution in [-0.4, -0.2) is 38.2 Å². The minimum Gasteiger partial charge on any atom is -0.342 e. The van der Waals surface area contributed by atoms with Crippen molar-refractivity contribution in [2.75, 3.05) is 13.1 Å². The molecule has 1 aliphatic heterocycles. The Balaban J connectivity index is 1.65. The zero-order valence-electron chi connectivity index (χ0n) is 15.5. The second-order valence-corrected chi connectivity index (χ2v) is 7.35. The molecule has 0 bridgehead atoms. The Hall–Kier alpha value is -1.85. The highest BCUT2D eigenvalue weighted by Gasteiger charge is 2.30. The Bertz CT molecular complexity index is 701. The van der Waals surface area contributed by atoms with Crippen LogP contribution in [0.2, 0.25) is 0 Å². The van der Waals surface area contributed by atoms with Gasteiger partial charge in [-0.2, -0.15) is 5.10 Å².